The van der Waals surface area contributed by atoms with Gasteiger partial charge in [0.2, 0.25) is 5.91 Å². The molecule has 2 saturated carbocycles. The molecule has 0 spiro atoms. The number of amides is 1. The summed E-state index contributed by atoms with van der Waals surface area (Å²) in [6, 6.07) is 5.84. The smallest absolute Gasteiger partial charge is 0.401 e. The lowest BCUT2D eigenvalue weighted by molar-refractivity contribution is -0.144. The Labute approximate surface area is 185 Å². The van der Waals surface area contributed by atoms with Crippen LogP contribution in [-0.4, -0.2) is 48.2 Å². The Morgan fingerprint density at radius 1 is 1.19 bits per heavy atom. The van der Waals surface area contributed by atoms with E-state index in [1.807, 2.05) is 24.4 Å². The predicted octanol–water partition coefficient (Wildman–Crippen LogP) is 5.20. The first kappa shape index (κ1) is 21.6. The molecule has 1 amide bonds. The molecule has 0 unspecified atom stereocenters. The number of likely N-dealkylation sites (tertiary alicyclic amines) is 1. The molecule has 8 heteroatoms. The normalized spacial score (nSPS) is 26.3. The van der Waals surface area contributed by atoms with Gasteiger partial charge in [0.25, 0.3) is 0 Å². The number of aromatic nitrogens is 1. The number of aromatic amines is 1. The number of alkyl halides is 3. The minimum absolute atomic E-state index is 0.0871. The Bertz CT molecular complexity index is 955. The van der Waals surface area contributed by atoms with Crippen LogP contribution in [0.15, 0.2) is 24.4 Å². The van der Waals surface area contributed by atoms with Crippen LogP contribution in [-0.2, 0) is 4.79 Å². The van der Waals surface area contributed by atoms with Crippen LogP contribution < -0.4 is 10.1 Å². The largest absolute Gasteiger partial charge is 0.494 e. The van der Waals surface area contributed by atoms with Crippen LogP contribution in [0.3, 0.4) is 0 Å². The monoisotopic (exact) mass is 449 g/mol. The molecule has 1 aromatic heterocycles. The zero-order chi connectivity index (χ0) is 22.3. The van der Waals surface area contributed by atoms with Crippen molar-refractivity contribution in [3.8, 4) is 5.75 Å². The third-order valence-electron chi connectivity index (χ3n) is 7.51. The molecule has 5 nitrogen and oxygen atoms in total. The molecular formula is C24H30F3N3O2. The lowest BCUT2D eigenvalue weighted by atomic mass is 9.85. The molecule has 3 atom stereocenters. The molecule has 1 saturated heterocycles. The molecule has 2 aliphatic carbocycles. The number of nitrogens with one attached hydrogen (secondary N) is 2. The zero-order valence-corrected chi connectivity index (χ0v) is 18.1. The molecule has 5 rings (SSSR count). The van der Waals surface area contributed by atoms with Crippen LogP contribution in [0.5, 0.6) is 5.75 Å². The summed E-state index contributed by atoms with van der Waals surface area (Å²) in [5.41, 5.74) is 1.74. The van der Waals surface area contributed by atoms with Crippen LogP contribution in [0, 0.1) is 23.7 Å². The first-order chi connectivity index (χ1) is 15.3. The number of benzene rings is 1. The number of H-pyrrole nitrogens is 1. The lowest BCUT2D eigenvalue weighted by Gasteiger charge is -2.23. The summed E-state index contributed by atoms with van der Waals surface area (Å²) in [5.74, 6) is 2.29. The molecule has 2 N–H and O–H groups in total. The highest BCUT2D eigenvalue weighted by molar-refractivity contribution is 6.02. The van der Waals surface area contributed by atoms with Gasteiger partial charge in [0, 0.05) is 36.1 Å². The molecule has 3 aliphatic rings. The number of carbonyl (C=O) groups is 1. The highest BCUT2D eigenvalue weighted by Crippen LogP contribution is 2.43. The number of nitrogens with zero attached hydrogens (tertiary/aromatic N) is 1. The summed E-state index contributed by atoms with van der Waals surface area (Å²) < 4.78 is 43.9. The van der Waals surface area contributed by atoms with E-state index in [4.69, 9.17) is 4.74 Å². The number of halogens is 3. The topological polar surface area (TPSA) is 57.4 Å². The molecule has 0 bridgehead atoms. The summed E-state index contributed by atoms with van der Waals surface area (Å²) >= 11 is 0. The Morgan fingerprint density at radius 3 is 2.59 bits per heavy atom. The quantitative estimate of drug-likeness (QED) is 0.611. The molecule has 2 aromatic rings. The van der Waals surface area contributed by atoms with Gasteiger partial charge >= 0.3 is 6.18 Å². The van der Waals surface area contributed by atoms with Gasteiger partial charge in [-0.05, 0) is 68.1 Å². The van der Waals surface area contributed by atoms with E-state index < -0.39 is 12.7 Å². The SMILES string of the molecule is O=C(Nc1c[nH]c2ccc(OCC[C@@H]3C[C@@H]4CN(CC(F)(F)F)C[C@@H]4C3)cc12)C1CCC1. The van der Waals surface area contributed by atoms with E-state index in [2.05, 4.69) is 10.3 Å². The second-order valence-corrected chi connectivity index (χ2v) is 9.83. The van der Waals surface area contributed by atoms with Gasteiger partial charge in [-0.15, -0.1) is 0 Å². The summed E-state index contributed by atoms with van der Waals surface area (Å²) in [7, 11) is 0. The first-order valence-electron chi connectivity index (χ1n) is 11.7. The maximum Gasteiger partial charge on any atom is 0.401 e. The van der Waals surface area contributed by atoms with E-state index in [0.29, 0.717) is 37.5 Å². The van der Waals surface area contributed by atoms with Crippen molar-refractivity contribution in [2.75, 3.05) is 31.6 Å². The van der Waals surface area contributed by atoms with Crippen molar-refractivity contribution in [2.24, 2.45) is 23.7 Å². The number of rotatable bonds is 7. The van der Waals surface area contributed by atoms with E-state index in [-0.39, 0.29) is 11.8 Å². The fourth-order valence-electron chi connectivity index (χ4n) is 5.68. The third kappa shape index (κ3) is 4.75. The van der Waals surface area contributed by atoms with E-state index in [1.54, 1.807) is 4.90 Å². The lowest BCUT2D eigenvalue weighted by Crippen LogP contribution is -2.33. The van der Waals surface area contributed by atoms with E-state index >= 15 is 0 Å². The van der Waals surface area contributed by atoms with Gasteiger partial charge in [0.1, 0.15) is 5.75 Å². The summed E-state index contributed by atoms with van der Waals surface area (Å²) in [4.78, 5) is 17.1. The van der Waals surface area contributed by atoms with Crippen molar-refractivity contribution in [1.82, 2.24) is 9.88 Å². The molecule has 2 heterocycles. The maximum atomic E-state index is 12.6. The van der Waals surface area contributed by atoms with Gasteiger partial charge in [-0.1, -0.05) is 6.42 Å². The van der Waals surface area contributed by atoms with Crippen molar-refractivity contribution < 1.29 is 22.7 Å². The number of fused-ring (bicyclic) bond motifs is 2. The minimum atomic E-state index is -4.10. The molecule has 0 radical (unpaired) electrons. The van der Waals surface area contributed by atoms with Crippen LogP contribution in [0.25, 0.3) is 10.9 Å². The third-order valence-corrected chi connectivity index (χ3v) is 7.51. The Morgan fingerprint density at radius 2 is 1.94 bits per heavy atom. The van der Waals surface area contributed by atoms with Gasteiger partial charge in [-0.2, -0.15) is 13.2 Å². The van der Waals surface area contributed by atoms with Crippen molar-refractivity contribution in [2.45, 2.75) is 44.7 Å². The zero-order valence-electron chi connectivity index (χ0n) is 18.1. The summed E-state index contributed by atoms with van der Waals surface area (Å²) in [6.07, 6.45) is 3.68. The number of hydrogen-bond donors (Lipinski definition) is 2. The van der Waals surface area contributed by atoms with Gasteiger partial charge < -0.3 is 15.0 Å². The highest BCUT2D eigenvalue weighted by atomic mass is 19.4. The van der Waals surface area contributed by atoms with E-state index in [1.165, 1.54) is 0 Å². The number of hydrogen-bond acceptors (Lipinski definition) is 3. The predicted molar refractivity (Wildman–Crippen MR) is 117 cm³/mol. The molecular weight excluding hydrogens is 419 g/mol. The van der Waals surface area contributed by atoms with E-state index in [9.17, 15) is 18.0 Å². The molecule has 32 heavy (non-hydrogen) atoms. The number of ether oxygens (including phenoxy) is 1. The van der Waals surface area contributed by atoms with Crippen LogP contribution >= 0.6 is 0 Å². The molecule has 3 fully saturated rings. The van der Waals surface area contributed by atoms with Crippen LogP contribution in [0.2, 0.25) is 0 Å². The highest BCUT2D eigenvalue weighted by Gasteiger charge is 2.43. The summed E-state index contributed by atoms with van der Waals surface area (Å²) in [6.45, 7) is 0.955. The standard InChI is InChI=1S/C24H30F3N3O2/c25-24(26,27)14-30-12-17-8-15(9-18(17)13-30)6-7-32-19-4-5-21-20(10-19)22(11-28-21)29-23(31)16-2-1-3-16/h4-5,10-11,15-18,28H,1-3,6-9,12-14H2,(H,29,31)/t15-,17-,18+. The fourth-order valence-corrected chi connectivity index (χ4v) is 5.68. The van der Waals surface area contributed by atoms with Crippen molar-refractivity contribution in [3.05, 3.63) is 24.4 Å². The van der Waals surface area contributed by atoms with Crippen molar-refractivity contribution in [1.29, 1.82) is 0 Å². The molecule has 1 aromatic carbocycles. The van der Waals surface area contributed by atoms with Crippen LogP contribution in [0.1, 0.15) is 38.5 Å². The maximum absolute atomic E-state index is 12.6. The Kier molecular flexibility index (Phi) is 5.82. The van der Waals surface area contributed by atoms with Gasteiger partial charge in [-0.3, -0.25) is 9.69 Å². The van der Waals surface area contributed by atoms with Gasteiger partial charge in [0.15, 0.2) is 0 Å². The number of carbonyl (C=O) groups excluding carboxylic acids is 1. The second-order valence-electron chi connectivity index (χ2n) is 9.83. The van der Waals surface area contributed by atoms with Crippen molar-refractivity contribution >= 4 is 22.5 Å². The van der Waals surface area contributed by atoms with Gasteiger partial charge in [0.05, 0.1) is 18.8 Å². The fraction of sp³-hybridized carbons (Fsp3) is 0.625. The molecule has 174 valence electrons. The minimum Gasteiger partial charge on any atom is -0.494 e. The Hall–Kier alpha value is -2.22. The average Bonchev–Trinajstić information content (AvgIpc) is 3.32. The summed E-state index contributed by atoms with van der Waals surface area (Å²) in [5, 5.41) is 3.98. The Balaban J connectivity index is 1.11. The second kappa shape index (κ2) is 8.61. The van der Waals surface area contributed by atoms with Gasteiger partial charge in [-0.25, -0.2) is 0 Å². The number of anilines is 1. The first-order valence-corrected chi connectivity index (χ1v) is 11.7. The van der Waals surface area contributed by atoms with Crippen LogP contribution in [0.4, 0.5) is 18.9 Å². The molecule has 1 aliphatic heterocycles. The van der Waals surface area contributed by atoms with Crippen molar-refractivity contribution in [3.63, 3.8) is 0 Å². The average molecular weight is 450 g/mol. The van der Waals surface area contributed by atoms with E-state index in [0.717, 1.165) is 60.9 Å².